The Kier molecular flexibility index (Phi) is 4.94. The van der Waals surface area contributed by atoms with Crippen LogP contribution in [0.4, 0.5) is 5.95 Å². The van der Waals surface area contributed by atoms with Gasteiger partial charge < -0.3 is 14.8 Å². The van der Waals surface area contributed by atoms with Gasteiger partial charge in [0, 0.05) is 28.8 Å². The Hall–Kier alpha value is -3.61. The van der Waals surface area contributed by atoms with Gasteiger partial charge in [-0.1, -0.05) is 18.2 Å². The van der Waals surface area contributed by atoms with Crippen LogP contribution < -0.4 is 14.8 Å². The molecule has 0 amide bonds. The number of ketones is 1. The molecule has 1 aliphatic carbocycles. The number of anilines is 1. The summed E-state index contributed by atoms with van der Waals surface area (Å²) in [7, 11) is 1.64. The Balaban J connectivity index is 1.63. The lowest BCUT2D eigenvalue weighted by Gasteiger charge is -2.32. The monoisotopic (exact) mass is 416 g/mol. The number of hydrogen-bond donors (Lipinski definition) is 1. The molecule has 1 atom stereocenters. The van der Waals surface area contributed by atoms with Gasteiger partial charge in [0.05, 0.1) is 13.7 Å². The third-order valence-electron chi connectivity index (χ3n) is 5.73. The second-order valence-electron chi connectivity index (χ2n) is 7.60. The minimum atomic E-state index is -0.376. The van der Waals surface area contributed by atoms with Gasteiger partial charge in [-0.15, -0.1) is 5.10 Å². The molecule has 2 aliphatic rings. The minimum absolute atomic E-state index is 0.147. The van der Waals surface area contributed by atoms with E-state index in [2.05, 4.69) is 5.32 Å². The van der Waals surface area contributed by atoms with Crippen molar-refractivity contribution in [2.75, 3.05) is 19.0 Å². The summed E-state index contributed by atoms with van der Waals surface area (Å²) in [5, 5.41) is 8.19. The fourth-order valence-corrected chi connectivity index (χ4v) is 4.33. The fourth-order valence-electron chi connectivity index (χ4n) is 4.33. The lowest BCUT2D eigenvalue weighted by Crippen LogP contribution is -2.31. The molecule has 7 nitrogen and oxygen atoms in total. The van der Waals surface area contributed by atoms with Gasteiger partial charge in [-0.3, -0.25) is 4.79 Å². The summed E-state index contributed by atoms with van der Waals surface area (Å²) in [6.07, 6.45) is 2.20. The number of Topliss-reactive ketones (excluding diaryl/α,β-unsaturated/α-hetero) is 1. The van der Waals surface area contributed by atoms with Gasteiger partial charge in [0.15, 0.2) is 11.6 Å². The molecule has 1 N–H and O–H groups in total. The van der Waals surface area contributed by atoms with E-state index >= 15 is 0 Å². The zero-order valence-corrected chi connectivity index (χ0v) is 17.6. The van der Waals surface area contributed by atoms with Crippen molar-refractivity contribution in [2.45, 2.75) is 32.2 Å². The van der Waals surface area contributed by atoms with Crippen LogP contribution in [0.25, 0.3) is 11.4 Å². The molecule has 0 saturated carbocycles. The van der Waals surface area contributed by atoms with Crippen molar-refractivity contribution < 1.29 is 14.3 Å². The van der Waals surface area contributed by atoms with Crippen molar-refractivity contribution in [3.63, 3.8) is 0 Å². The van der Waals surface area contributed by atoms with E-state index in [9.17, 15) is 4.79 Å². The SMILES string of the molecule is CCOc1ccc(-c2nc3n(n2)C(c2ccccc2OC)C2=C(CCCC2=O)N3)cc1. The van der Waals surface area contributed by atoms with Gasteiger partial charge in [0.2, 0.25) is 5.95 Å². The zero-order chi connectivity index (χ0) is 21.4. The number of hydrogen-bond acceptors (Lipinski definition) is 6. The summed E-state index contributed by atoms with van der Waals surface area (Å²) < 4.78 is 13.0. The van der Waals surface area contributed by atoms with E-state index in [4.69, 9.17) is 19.6 Å². The quantitative estimate of drug-likeness (QED) is 0.665. The van der Waals surface area contributed by atoms with Crippen LogP contribution in [0.3, 0.4) is 0 Å². The molecule has 1 aliphatic heterocycles. The highest BCUT2D eigenvalue weighted by molar-refractivity contribution is 5.99. The fraction of sp³-hybridized carbons (Fsp3) is 0.292. The topological polar surface area (TPSA) is 78.3 Å². The maximum Gasteiger partial charge on any atom is 0.226 e. The molecule has 2 aromatic carbocycles. The molecule has 31 heavy (non-hydrogen) atoms. The minimum Gasteiger partial charge on any atom is -0.496 e. The number of aromatic nitrogens is 3. The Bertz CT molecular complexity index is 1160. The third-order valence-corrected chi connectivity index (χ3v) is 5.73. The van der Waals surface area contributed by atoms with Crippen LogP contribution in [-0.4, -0.2) is 34.3 Å². The van der Waals surface area contributed by atoms with Gasteiger partial charge in [0.25, 0.3) is 0 Å². The maximum atomic E-state index is 13.0. The maximum absolute atomic E-state index is 13.0. The first kappa shape index (κ1) is 19.4. The lowest BCUT2D eigenvalue weighted by atomic mass is 9.85. The first-order valence-electron chi connectivity index (χ1n) is 10.6. The van der Waals surface area contributed by atoms with E-state index in [1.54, 1.807) is 7.11 Å². The smallest absolute Gasteiger partial charge is 0.226 e. The largest absolute Gasteiger partial charge is 0.496 e. The first-order chi connectivity index (χ1) is 15.2. The predicted octanol–water partition coefficient (Wildman–Crippen LogP) is 4.37. The number of nitrogens with zero attached hydrogens (tertiary/aromatic N) is 3. The third kappa shape index (κ3) is 3.36. The van der Waals surface area contributed by atoms with E-state index in [1.807, 2.05) is 60.1 Å². The van der Waals surface area contributed by atoms with Crippen LogP contribution in [0, 0.1) is 0 Å². The normalized spacial score (nSPS) is 17.6. The Morgan fingerprint density at radius 2 is 1.94 bits per heavy atom. The van der Waals surface area contributed by atoms with Crippen LogP contribution in [0.1, 0.15) is 37.8 Å². The van der Waals surface area contributed by atoms with Crippen molar-refractivity contribution >= 4 is 11.7 Å². The van der Waals surface area contributed by atoms with Crippen molar-refractivity contribution in [3.05, 3.63) is 65.4 Å². The van der Waals surface area contributed by atoms with Gasteiger partial charge in [-0.2, -0.15) is 4.98 Å². The first-order valence-corrected chi connectivity index (χ1v) is 10.6. The summed E-state index contributed by atoms with van der Waals surface area (Å²) in [6.45, 7) is 2.57. The number of allylic oxidation sites excluding steroid dienone is 2. The number of nitrogens with one attached hydrogen (secondary N) is 1. The van der Waals surface area contributed by atoms with Gasteiger partial charge in [-0.25, -0.2) is 4.68 Å². The standard InChI is InChI=1S/C24H24N4O3/c1-3-31-16-13-11-15(12-14-16)23-26-24-25-18-8-6-9-19(29)21(18)22(28(24)27-23)17-7-4-5-10-20(17)30-2/h4-5,7,10-14,22H,3,6,8-9H2,1-2H3,(H,25,26,27). The molecule has 0 radical (unpaired) electrons. The average molecular weight is 416 g/mol. The predicted molar refractivity (Wildman–Crippen MR) is 117 cm³/mol. The molecule has 1 unspecified atom stereocenters. The zero-order valence-electron chi connectivity index (χ0n) is 17.6. The Morgan fingerprint density at radius 1 is 1.13 bits per heavy atom. The number of ether oxygens (including phenoxy) is 2. The molecule has 5 rings (SSSR count). The second kappa shape index (κ2) is 7.91. The molecule has 158 valence electrons. The number of rotatable bonds is 5. The number of carbonyl (C=O) groups is 1. The molecule has 3 aromatic rings. The van der Waals surface area contributed by atoms with Crippen LogP contribution in [0.2, 0.25) is 0 Å². The summed E-state index contributed by atoms with van der Waals surface area (Å²) in [5.74, 6) is 2.91. The molecule has 1 aromatic heterocycles. The van der Waals surface area contributed by atoms with Crippen molar-refractivity contribution in [2.24, 2.45) is 0 Å². The number of methoxy groups -OCH3 is 1. The number of fused-ring (bicyclic) bond motifs is 1. The highest BCUT2D eigenvalue weighted by Gasteiger charge is 2.38. The van der Waals surface area contributed by atoms with E-state index < -0.39 is 0 Å². The van der Waals surface area contributed by atoms with Crippen molar-refractivity contribution in [3.8, 4) is 22.9 Å². The Labute approximate surface area is 180 Å². The molecule has 0 spiro atoms. The van der Waals surface area contributed by atoms with Crippen molar-refractivity contribution in [1.82, 2.24) is 14.8 Å². The molecular formula is C24H24N4O3. The van der Waals surface area contributed by atoms with Gasteiger partial charge in [-0.05, 0) is 50.1 Å². The average Bonchev–Trinajstić information content (AvgIpc) is 3.22. The number of benzene rings is 2. The van der Waals surface area contributed by atoms with E-state index in [-0.39, 0.29) is 11.8 Å². The summed E-state index contributed by atoms with van der Waals surface area (Å²) >= 11 is 0. The van der Waals surface area contributed by atoms with E-state index in [1.165, 1.54) is 0 Å². The highest BCUT2D eigenvalue weighted by Crippen LogP contribution is 2.43. The van der Waals surface area contributed by atoms with Gasteiger partial charge >= 0.3 is 0 Å². The van der Waals surface area contributed by atoms with Gasteiger partial charge in [0.1, 0.15) is 17.5 Å². The molecule has 2 heterocycles. The number of para-hydroxylation sites is 1. The molecular weight excluding hydrogens is 392 g/mol. The molecule has 0 bridgehead atoms. The molecule has 7 heteroatoms. The van der Waals surface area contributed by atoms with Crippen LogP contribution >= 0.6 is 0 Å². The second-order valence-corrected chi connectivity index (χ2v) is 7.60. The van der Waals surface area contributed by atoms with Crippen LogP contribution in [0.5, 0.6) is 11.5 Å². The molecule has 0 fully saturated rings. The van der Waals surface area contributed by atoms with Crippen LogP contribution in [0.15, 0.2) is 59.8 Å². The lowest BCUT2D eigenvalue weighted by molar-refractivity contribution is -0.116. The highest BCUT2D eigenvalue weighted by atomic mass is 16.5. The van der Waals surface area contributed by atoms with E-state index in [0.29, 0.717) is 24.8 Å². The Morgan fingerprint density at radius 3 is 2.71 bits per heavy atom. The summed E-state index contributed by atoms with van der Waals surface area (Å²) in [4.78, 5) is 17.7. The van der Waals surface area contributed by atoms with E-state index in [0.717, 1.165) is 46.7 Å². The summed E-state index contributed by atoms with van der Waals surface area (Å²) in [5.41, 5.74) is 3.48. The number of carbonyl (C=O) groups excluding carboxylic acids is 1. The summed E-state index contributed by atoms with van der Waals surface area (Å²) in [6, 6.07) is 15.1. The molecule has 0 saturated heterocycles. The van der Waals surface area contributed by atoms with Crippen LogP contribution in [-0.2, 0) is 4.79 Å². The van der Waals surface area contributed by atoms with Crippen molar-refractivity contribution in [1.29, 1.82) is 0 Å².